The predicted octanol–water partition coefficient (Wildman–Crippen LogP) is 1.77. The average molecular weight is 250 g/mol. The Morgan fingerprint density at radius 3 is 2.44 bits per heavy atom. The third-order valence-corrected chi connectivity index (χ3v) is 3.66. The summed E-state index contributed by atoms with van der Waals surface area (Å²) in [7, 11) is 0. The van der Waals surface area contributed by atoms with Gasteiger partial charge in [-0.15, -0.1) is 0 Å². The van der Waals surface area contributed by atoms with E-state index in [1.165, 1.54) is 0 Å². The first-order chi connectivity index (χ1) is 8.59. The van der Waals surface area contributed by atoms with Crippen LogP contribution in [0.1, 0.15) is 32.3 Å². The van der Waals surface area contributed by atoms with E-state index in [4.69, 9.17) is 5.73 Å². The second-order valence-electron chi connectivity index (χ2n) is 4.50. The Bertz CT molecular complexity index is 392. The number of phenolic OH excluding ortho intramolecular Hbond substituents is 1. The smallest absolute Gasteiger partial charge is 0.227 e. The van der Waals surface area contributed by atoms with Crippen molar-refractivity contribution in [2.75, 3.05) is 6.54 Å². The largest absolute Gasteiger partial charge is 0.508 e. The van der Waals surface area contributed by atoms with Gasteiger partial charge in [0.25, 0.3) is 0 Å². The predicted molar refractivity (Wildman–Crippen MR) is 72.0 cm³/mol. The molecule has 1 aromatic rings. The number of benzene rings is 1. The van der Waals surface area contributed by atoms with Crippen LogP contribution in [0.15, 0.2) is 24.3 Å². The lowest BCUT2D eigenvalue weighted by Crippen LogP contribution is -2.45. The number of aromatic hydroxyl groups is 1. The molecule has 0 atom stereocenters. The summed E-state index contributed by atoms with van der Waals surface area (Å²) >= 11 is 0. The Hall–Kier alpha value is -1.55. The van der Waals surface area contributed by atoms with E-state index in [0.717, 1.165) is 0 Å². The van der Waals surface area contributed by atoms with E-state index in [1.807, 2.05) is 19.9 Å². The van der Waals surface area contributed by atoms with E-state index in [0.29, 0.717) is 31.5 Å². The summed E-state index contributed by atoms with van der Waals surface area (Å²) in [5, 5.41) is 12.5. The van der Waals surface area contributed by atoms with E-state index in [-0.39, 0.29) is 11.7 Å². The Morgan fingerprint density at radius 2 is 1.94 bits per heavy atom. The van der Waals surface area contributed by atoms with Crippen LogP contribution in [0.5, 0.6) is 5.75 Å². The Labute approximate surface area is 108 Å². The number of nitrogens with one attached hydrogen (secondary N) is 1. The molecule has 100 valence electrons. The molecular formula is C14H22N2O2. The molecule has 0 aliphatic heterocycles. The maximum absolute atomic E-state index is 12.2. The lowest BCUT2D eigenvalue weighted by atomic mass is 9.81. The fourth-order valence-electron chi connectivity index (χ4n) is 1.98. The van der Waals surface area contributed by atoms with Gasteiger partial charge in [-0.05, 0) is 18.9 Å². The first-order valence-corrected chi connectivity index (χ1v) is 6.35. The lowest BCUT2D eigenvalue weighted by molar-refractivity contribution is -0.131. The first-order valence-electron chi connectivity index (χ1n) is 6.35. The monoisotopic (exact) mass is 250 g/mol. The number of hydrogen-bond acceptors (Lipinski definition) is 3. The van der Waals surface area contributed by atoms with Crippen molar-refractivity contribution in [2.45, 2.75) is 33.2 Å². The quantitative estimate of drug-likeness (QED) is 0.720. The molecule has 0 bridgehead atoms. The molecule has 18 heavy (non-hydrogen) atoms. The van der Waals surface area contributed by atoms with E-state index in [1.54, 1.807) is 18.2 Å². The summed E-state index contributed by atoms with van der Waals surface area (Å²) in [5.41, 5.74) is 5.93. The highest BCUT2D eigenvalue weighted by Gasteiger charge is 2.32. The van der Waals surface area contributed by atoms with Crippen molar-refractivity contribution < 1.29 is 9.90 Å². The molecule has 0 saturated heterocycles. The molecule has 4 heteroatoms. The minimum atomic E-state index is -0.496. The molecule has 4 N–H and O–H groups in total. The van der Waals surface area contributed by atoms with Gasteiger partial charge in [-0.2, -0.15) is 0 Å². The summed E-state index contributed by atoms with van der Waals surface area (Å²) in [6.45, 7) is 4.60. The van der Waals surface area contributed by atoms with Crippen LogP contribution < -0.4 is 11.1 Å². The second-order valence-corrected chi connectivity index (χ2v) is 4.50. The number of phenols is 1. The molecule has 0 unspecified atom stereocenters. The van der Waals surface area contributed by atoms with E-state index < -0.39 is 5.41 Å². The molecule has 0 aliphatic carbocycles. The van der Waals surface area contributed by atoms with Crippen LogP contribution in [0.25, 0.3) is 0 Å². The van der Waals surface area contributed by atoms with Crippen molar-refractivity contribution in [3.05, 3.63) is 29.8 Å². The maximum Gasteiger partial charge on any atom is 0.227 e. The minimum absolute atomic E-state index is 0.0433. The van der Waals surface area contributed by atoms with Crippen molar-refractivity contribution in [3.8, 4) is 5.75 Å². The molecule has 0 aromatic heterocycles. The topological polar surface area (TPSA) is 75.4 Å². The summed E-state index contributed by atoms with van der Waals surface area (Å²) in [6, 6.07) is 6.98. The zero-order valence-corrected chi connectivity index (χ0v) is 11.1. The van der Waals surface area contributed by atoms with Gasteiger partial charge in [0.15, 0.2) is 0 Å². The molecule has 0 heterocycles. The molecule has 4 nitrogen and oxygen atoms in total. The summed E-state index contributed by atoms with van der Waals surface area (Å²) < 4.78 is 0. The standard InChI is InChI=1S/C14H22N2O2/c1-3-14(4-2,10-15)13(18)16-9-11-7-5-6-8-12(11)17/h5-8,17H,3-4,9-10,15H2,1-2H3,(H,16,18). The van der Waals surface area contributed by atoms with Crippen LogP contribution in [0, 0.1) is 5.41 Å². The molecule has 0 aliphatic rings. The Morgan fingerprint density at radius 1 is 1.33 bits per heavy atom. The zero-order valence-electron chi connectivity index (χ0n) is 11.1. The van der Waals surface area contributed by atoms with Crippen LogP contribution >= 0.6 is 0 Å². The van der Waals surface area contributed by atoms with Gasteiger partial charge < -0.3 is 16.2 Å². The zero-order chi connectivity index (χ0) is 13.6. The number of carbonyl (C=O) groups excluding carboxylic acids is 1. The van der Waals surface area contributed by atoms with Crippen LogP contribution in [0.3, 0.4) is 0 Å². The summed E-state index contributed by atoms with van der Waals surface area (Å²) in [6.07, 6.45) is 1.43. The van der Waals surface area contributed by atoms with Gasteiger partial charge in [0.2, 0.25) is 5.91 Å². The number of carbonyl (C=O) groups is 1. The Balaban J connectivity index is 2.69. The second kappa shape index (κ2) is 6.40. The van der Waals surface area contributed by atoms with Gasteiger partial charge in [-0.1, -0.05) is 32.0 Å². The van der Waals surface area contributed by atoms with Gasteiger partial charge in [0, 0.05) is 18.7 Å². The van der Waals surface area contributed by atoms with Crippen LogP contribution in [0.4, 0.5) is 0 Å². The van der Waals surface area contributed by atoms with Crippen LogP contribution in [-0.4, -0.2) is 17.6 Å². The van der Waals surface area contributed by atoms with Crippen LogP contribution in [-0.2, 0) is 11.3 Å². The normalized spacial score (nSPS) is 11.3. The van der Waals surface area contributed by atoms with Crippen molar-refractivity contribution in [2.24, 2.45) is 11.1 Å². The Kier molecular flexibility index (Phi) is 5.16. The van der Waals surface area contributed by atoms with Crippen LogP contribution in [0.2, 0.25) is 0 Å². The van der Waals surface area contributed by atoms with E-state index >= 15 is 0 Å². The number of para-hydroxylation sites is 1. The summed E-state index contributed by atoms with van der Waals surface area (Å²) in [4.78, 5) is 12.2. The van der Waals surface area contributed by atoms with E-state index in [9.17, 15) is 9.90 Å². The molecular weight excluding hydrogens is 228 g/mol. The minimum Gasteiger partial charge on any atom is -0.508 e. The van der Waals surface area contributed by atoms with Crippen molar-refractivity contribution in [1.29, 1.82) is 0 Å². The van der Waals surface area contributed by atoms with Crippen molar-refractivity contribution in [3.63, 3.8) is 0 Å². The third kappa shape index (κ3) is 3.01. The van der Waals surface area contributed by atoms with Gasteiger partial charge in [-0.25, -0.2) is 0 Å². The SMILES string of the molecule is CCC(CC)(CN)C(=O)NCc1ccccc1O. The molecule has 0 radical (unpaired) electrons. The maximum atomic E-state index is 12.2. The first kappa shape index (κ1) is 14.5. The van der Waals surface area contributed by atoms with Gasteiger partial charge in [-0.3, -0.25) is 4.79 Å². The number of hydrogen-bond donors (Lipinski definition) is 3. The molecule has 1 rings (SSSR count). The molecule has 0 saturated carbocycles. The van der Waals surface area contributed by atoms with Crippen molar-refractivity contribution in [1.82, 2.24) is 5.32 Å². The number of amides is 1. The number of rotatable bonds is 6. The fourth-order valence-corrected chi connectivity index (χ4v) is 1.98. The molecule has 1 amide bonds. The third-order valence-electron chi connectivity index (χ3n) is 3.66. The highest BCUT2D eigenvalue weighted by molar-refractivity contribution is 5.82. The average Bonchev–Trinajstić information content (AvgIpc) is 2.40. The highest BCUT2D eigenvalue weighted by Crippen LogP contribution is 2.25. The lowest BCUT2D eigenvalue weighted by Gasteiger charge is -2.28. The van der Waals surface area contributed by atoms with Crippen molar-refractivity contribution >= 4 is 5.91 Å². The number of nitrogens with two attached hydrogens (primary N) is 1. The fraction of sp³-hybridized carbons (Fsp3) is 0.500. The molecule has 0 spiro atoms. The van der Waals surface area contributed by atoms with E-state index in [2.05, 4.69) is 5.32 Å². The van der Waals surface area contributed by atoms with Gasteiger partial charge in [0.05, 0.1) is 5.41 Å². The highest BCUT2D eigenvalue weighted by atomic mass is 16.3. The molecule has 1 aromatic carbocycles. The van der Waals surface area contributed by atoms with Gasteiger partial charge >= 0.3 is 0 Å². The molecule has 0 fully saturated rings. The summed E-state index contributed by atoms with van der Waals surface area (Å²) in [5.74, 6) is 0.155. The van der Waals surface area contributed by atoms with Gasteiger partial charge in [0.1, 0.15) is 5.75 Å².